The van der Waals surface area contributed by atoms with Crippen molar-refractivity contribution in [2.75, 3.05) is 0 Å². The second-order valence-electron chi connectivity index (χ2n) is 9.08. The van der Waals surface area contributed by atoms with Gasteiger partial charge in [-0.3, -0.25) is 10.5 Å². The third-order valence-electron chi connectivity index (χ3n) is 8.22. The van der Waals surface area contributed by atoms with Crippen LogP contribution < -0.4 is 5.73 Å². The Morgan fingerprint density at radius 3 is 2.75 bits per heavy atom. The van der Waals surface area contributed by atoms with Gasteiger partial charge in [0.2, 0.25) is 0 Å². The van der Waals surface area contributed by atoms with E-state index in [2.05, 4.69) is 6.92 Å². The van der Waals surface area contributed by atoms with E-state index < -0.39 is 22.2 Å². The van der Waals surface area contributed by atoms with Crippen molar-refractivity contribution in [1.82, 2.24) is 0 Å². The van der Waals surface area contributed by atoms with Gasteiger partial charge in [-0.05, 0) is 43.9 Å². The van der Waals surface area contributed by atoms with Crippen LogP contribution in [0.5, 0.6) is 0 Å². The average molecular weight is 356 g/mol. The first-order chi connectivity index (χ1) is 11.1. The molecule has 8 atom stereocenters. The molecular weight excluding hydrogens is 329 g/mol. The van der Waals surface area contributed by atoms with E-state index in [1.54, 1.807) is 0 Å². The molecule has 3 saturated carbocycles. The molecule has 3 unspecified atom stereocenters. The summed E-state index contributed by atoms with van der Waals surface area (Å²) >= 11 is 7.24. The van der Waals surface area contributed by atoms with Gasteiger partial charge in [-0.2, -0.15) is 0 Å². The molecule has 3 N–H and O–H groups in total. The second kappa shape index (κ2) is 4.83. The zero-order chi connectivity index (χ0) is 17.5. The summed E-state index contributed by atoms with van der Waals surface area (Å²) in [7, 11) is 0. The van der Waals surface area contributed by atoms with E-state index in [0.29, 0.717) is 38.5 Å². The molecule has 4 rings (SSSR count). The normalized spacial score (nSPS) is 59.7. The zero-order valence-electron chi connectivity index (χ0n) is 14.4. The number of rotatable bonds is 0. The molecule has 0 saturated heterocycles. The first-order valence-electron chi connectivity index (χ1n) is 9.12. The van der Waals surface area contributed by atoms with Gasteiger partial charge in [-0.25, -0.2) is 4.39 Å². The fourth-order valence-electron chi connectivity index (χ4n) is 6.41. The van der Waals surface area contributed by atoms with Crippen molar-refractivity contribution in [2.45, 2.75) is 69.1 Å². The molecule has 24 heavy (non-hydrogen) atoms. The van der Waals surface area contributed by atoms with Crippen molar-refractivity contribution in [1.29, 1.82) is 0 Å². The fourth-order valence-corrected chi connectivity index (χ4v) is 7.00. The van der Waals surface area contributed by atoms with Crippen molar-refractivity contribution in [3.8, 4) is 0 Å². The highest BCUT2D eigenvalue weighted by molar-refractivity contribution is 6.27. The van der Waals surface area contributed by atoms with Crippen LogP contribution in [-0.4, -0.2) is 27.7 Å². The zero-order valence-corrected chi connectivity index (χ0v) is 15.2. The van der Waals surface area contributed by atoms with E-state index in [-0.39, 0.29) is 29.0 Å². The number of aliphatic hydroxyl groups excluding tert-OH is 1. The van der Waals surface area contributed by atoms with Crippen LogP contribution in [0.1, 0.15) is 52.4 Å². The number of allylic oxidation sites excluding steroid dienone is 1. The summed E-state index contributed by atoms with van der Waals surface area (Å²) in [5, 5.41) is 9.98. The Morgan fingerprint density at radius 2 is 2.04 bits per heavy atom. The number of hydrogen-bond donors (Lipinski definition) is 2. The molecule has 4 aliphatic carbocycles. The maximum Gasteiger partial charge on any atom is 0.164 e. The number of aliphatic hydroxyl groups is 1. The van der Waals surface area contributed by atoms with E-state index in [1.165, 1.54) is 0 Å². The minimum absolute atomic E-state index is 0.0533. The summed E-state index contributed by atoms with van der Waals surface area (Å²) in [6.07, 6.45) is 6.47. The predicted molar refractivity (Wildman–Crippen MR) is 91.2 cm³/mol. The largest absolute Gasteiger partial charge is 0.389 e. The van der Waals surface area contributed by atoms with Crippen LogP contribution in [-0.2, 0) is 4.79 Å². The van der Waals surface area contributed by atoms with Crippen LogP contribution in [0.2, 0.25) is 0 Å². The molecule has 0 aliphatic heterocycles. The Balaban J connectivity index is 1.81. The monoisotopic (exact) mass is 355 g/mol. The molecule has 0 aromatic rings. The van der Waals surface area contributed by atoms with Gasteiger partial charge in [-0.15, -0.1) is 11.6 Å². The molecule has 0 amide bonds. The lowest BCUT2D eigenvalue weighted by Crippen LogP contribution is -2.66. The standard InChI is InChI=1S/C19H27ClFNO2/c1-16-5-3-12(23)9-11(16)10-14(24)15-13-4-6-19(21,22)17(13,2)7-8-18(15,16)20/h3,5,11-13,15,23H,4,6-10,22H2,1-2H3/t11?,12?,13-,15+,16-,17-,18-,19?/m0/s1. The highest BCUT2D eigenvalue weighted by Crippen LogP contribution is 2.69. The van der Waals surface area contributed by atoms with E-state index in [4.69, 9.17) is 17.3 Å². The molecule has 0 spiro atoms. The Bertz CT molecular complexity index is 622. The van der Waals surface area contributed by atoms with E-state index in [9.17, 15) is 14.3 Å². The summed E-state index contributed by atoms with van der Waals surface area (Å²) in [5.74, 6) is -1.96. The lowest BCUT2D eigenvalue weighted by molar-refractivity contribution is -0.148. The minimum atomic E-state index is -1.72. The van der Waals surface area contributed by atoms with Crippen LogP contribution in [0.25, 0.3) is 0 Å². The third kappa shape index (κ3) is 1.83. The van der Waals surface area contributed by atoms with Gasteiger partial charge in [0, 0.05) is 23.2 Å². The van der Waals surface area contributed by atoms with E-state index >= 15 is 0 Å². The van der Waals surface area contributed by atoms with Crippen molar-refractivity contribution >= 4 is 17.4 Å². The maximum atomic E-state index is 15.0. The van der Waals surface area contributed by atoms with Crippen LogP contribution in [0.3, 0.4) is 0 Å². The number of Topliss-reactive ketones (excluding diaryl/α,β-unsaturated/α-hetero) is 1. The number of hydrogen-bond acceptors (Lipinski definition) is 3. The lowest BCUT2D eigenvalue weighted by atomic mass is 9.45. The highest BCUT2D eigenvalue weighted by Gasteiger charge is 2.71. The van der Waals surface area contributed by atoms with Gasteiger partial charge < -0.3 is 5.11 Å². The smallest absolute Gasteiger partial charge is 0.164 e. The number of carbonyl (C=O) groups is 1. The average Bonchev–Trinajstić information content (AvgIpc) is 2.73. The van der Waals surface area contributed by atoms with Gasteiger partial charge in [0.15, 0.2) is 5.79 Å². The molecule has 5 heteroatoms. The molecule has 0 radical (unpaired) electrons. The Labute approximate surface area is 147 Å². The number of nitrogens with two attached hydrogens (primary N) is 1. The molecule has 0 heterocycles. The van der Waals surface area contributed by atoms with Crippen LogP contribution in [0.4, 0.5) is 4.39 Å². The number of carbonyl (C=O) groups excluding carboxylic acids is 1. The SMILES string of the molecule is C[C@]12CC[C@]3(Cl)[C@@H](C(=O)CC4CC(O)C=C[C@@]43C)[C@@H]1CCC2(N)F. The summed E-state index contributed by atoms with van der Waals surface area (Å²) in [6.45, 7) is 4.03. The molecule has 4 aliphatic rings. The van der Waals surface area contributed by atoms with Gasteiger partial charge in [0.05, 0.1) is 11.0 Å². The van der Waals surface area contributed by atoms with Crippen LogP contribution in [0, 0.1) is 28.6 Å². The van der Waals surface area contributed by atoms with Gasteiger partial charge in [-0.1, -0.05) is 26.0 Å². The number of halogens is 2. The minimum Gasteiger partial charge on any atom is -0.389 e. The van der Waals surface area contributed by atoms with Crippen LogP contribution in [0.15, 0.2) is 12.2 Å². The Kier molecular flexibility index (Phi) is 3.42. The molecular formula is C19H27ClFNO2. The maximum absolute atomic E-state index is 15.0. The first kappa shape index (κ1) is 17.0. The number of alkyl halides is 2. The first-order valence-corrected chi connectivity index (χ1v) is 9.50. The van der Waals surface area contributed by atoms with Crippen molar-refractivity contribution < 1.29 is 14.3 Å². The van der Waals surface area contributed by atoms with Crippen LogP contribution >= 0.6 is 11.6 Å². The van der Waals surface area contributed by atoms with E-state index in [0.717, 1.165) is 0 Å². The Hall–Kier alpha value is -0.450. The third-order valence-corrected chi connectivity index (χ3v) is 9.05. The number of fused-ring (bicyclic) bond motifs is 5. The summed E-state index contributed by atoms with van der Waals surface area (Å²) in [4.78, 5) is 12.4. The summed E-state index contributed by atoms with van der Waals surface area (Å²) < 4.78 is 15.0. The number of ketones is 1. The molecule has 3 nitrogen and oxygen atoms in total. The summed E-state index contributed by atoms with van der Waals surface area (Å²) in [5.41, 5.74) is 4.97. The topological polar surface area (TPSA) is 63.3 Å². The molecule has 0 bridgehead atoms. The molecule has 134 valence electrons. The Morgan fingerprint density at radius 1 is 1.33 bits per heavy atom. The quantitative estimate of drug-likeness (QED) is 0.398. The van der Waals surface area contributed by atoms with Crippen molar-refractivity contribution in [2.24, 2.45) is 34.3 Å². The molecule has 0 aromatic carbocycles. The molecule has 3 fully saturated rings. The van der Waals surface area contributed by atoms with E-state index in [1.807, 2.05) is 19.1 Å². The van der Waals surface area contributed by atoms with Crippen molar-refractivity contribution in [3.05, 3.63) is 12.2 Å². The van der Waals surface area contributed by atoms with Crippen molar-refractivity contribution in [3.63, 3.8) is 0 Å². The highest BCUT2D eigenvalue weighted by atomic mass is 35.5. The fraction of sp³-hybridized carbons (Fsp3) is 0.842. The predicted octanol–water partition coefficient (Wildman–Crippen LogP) is 3.33. The summed E-state index contributed by atoms with van der Waals surface area (Å²) in [6, 6.07) is 0. The second-order valence-corrected chi connectivity index (χ2v) is 9.75. The van der Waals surface area contributed by atoms with Gasteiger partial charge >= 0.3 is 0 Å². The van der Waals surface area contributed by atoms with Gasteiger partial charge in [0.25, 0.3) is 0 Å². The lowest BCUT2D eigenvalue weighted by Gasteiger charge is -2.62. The molecule has 0 aromatic heterocycles. The van der Waals surface area contributed by atoms with Gasteiger partial charge in [0.1, 0.15) is 5.78 Å².